The molecule has 1 saturated heterocycles. The third-order valence-electron chi connectivity index (χ3n) is 1.83. The number of epoxide rings is 1. The van der Waals surface area contributed by atoms with Crippen LogP contribution >= 0.6 is 0 Å². The molecule has 1 aliphatic heterocycles. The van der Waals surface area contributed by atoms with Gasteiger partial charge in [0.2, 0.25) is 0 Å². The first-order valence-corrected chi connectivity index (χ1v) is 3.58. The van der Waals surface area contributed by atoms with Gasteiger partial charge in [0.15, 0.2) is 0 Å². The minimum Gasteiger partial charge on any atom is -0.393 e. The molecule has 0 radical (unpaired) electrons. The molecule has 0 aliphatic carbocycles. The predicted molar refractivity (Wildman–Crippen MR) is 35.3 cm³/mol. The van der Waals surface area contributed by atoms with Crippen molar-refractivity contribution in [2.24, 2.45) is 0 Å². The molecule has 2 nitrogen and oxygen atoms in total. The second-order valence-corrected chi connectivity index (χ2v) is 2.73. The van der Waals surface area contributed by atoms with Crippen molar-refractivity contribution < 1.29 is 9.84 Å². The number of hydrogen-bond donors (Lipinski definition) is 1. The Morgan fingerprint density at radius 3 is 2.67 bits per heavy atom. The molecule has 1 unspecified atom stereocenters. The summed E-state index contributed by atoms with van der Waals surface area (Å²) < 4.78 is 5.10. The molecule has 1 fully saturated rings. The van der Waals surface area contributed by atoms with Gasteiger partial charge in [0, 0.05) is 0 Å². The van der Waals surface area contributed by atoms with E-state index in [0.29, 0.717) is 0 Å². The molecule has 0 amide bonds. The average molecular weight is 130 g/mol. The van der Waals surface area contributed by atoms with E-state index >= 15 is 0 Å². The molecule has 1 aliphatic rings. The first-order chi connectivity index (χ1) is 4.33. The smallest absolute Gasteiger partial charge is 0.115 e. The summed E-state index contributed by atoms with van der Waals surface area (Å²) in [6, 6.07) is 0. The highest BCUT2D eigenvalue weighted by molar-refractivity contribution is 4.90. The Balaban J connectivity index is 2.10. The topological polar surface area (TPSA) is 32.8 Å². The van der Waals surface area contributed by atoms with Crippen molar-refractivity contribution in [2.45, 2.75) is 31.8 Å². The van der Waals surface area contributed by atoms with Gasteiger partial charge in [0.1, 0.15) is 5.60 Å². The minimum atomic E-state index is -0.101. The average Bonchev–Trinajstić information content (AvgIpc) is 2.65. The van der Waals surface area contributed by atoms with E-state index in [1.165, 1.54) is 12.8 Å². The fourth-order valence-electron chi connectivity index (χ4n) is 0.916. The van der Waals surface area contributed by atoms with Crippen molar-refractivity contribution in [2.75, 3.05) is 13.2 Å². The van der Waals surface area contributed by atoms with E-state index in [9.17, 15) is 0 Å². The molecule has 54 valence electrons. The molecule has 1 rings (SSSR count). The summed E-state index contributed by atoms with van der Waals surface area (Å²) in [6.45, 7) is 3.12. The van der Waals surface area contributed by atoms with Gasteiger partial charge in [-0.15, -0.1) is 0 Å². The number of rotatable bonds is 4. The van der Waals surface area contributed by atoms with Crippen LogP contribution in [0.5, 0.6) is 0 Å². The Morgan fingerprint density at radius 1 is 1.67 bits per heavy atom. The molecule has 0 aromatic rings. The second kappa shape index (κ2) is 2.67. The zero-order valence-electron chi connectivity index (χ0n) is 5.89. The first kappa shape index (κ1) is 7.03. The Hall–Kier alpha value is -0.0800. The van der Waals surface area contributed by atoms with Crippen LogP contribution in [0, 0.1) is 0 Å². The van der Waals surface area contributed by atoms with Crippen molar-refractivity contribution in [3.05, 3.63) is 0 Å². The lowest BCUT2D eigenvalue weighted by Gasteiger charge is -2.04. The summed E-state index contributed by atoms with van der Waals surface area (Å²) >= 11 is 0. The van der Waals surface area contributed by atoms with E-state index in [2.05, 4.69) is 6.92 Å². The zero-order valence-corrected chi connectivity index (χ0v) is 5.89. The maximum atomic E-state index is 8.76. The molecule has 0 bridgehead atoms. The number of hydrogen-bond acceptors (Lipinski definition) is 2. The number of unbranched alkanes of at least 4 members (excludes halogenated alkanes) is 1. The van der Waals surface area contributed by atoms with E-state index in [1.54, 1.807) is 0 Å². The van der Waals surface area contributed by atoms with E-state index in [1.807, 2.05) is 0 Å². The fraction of sp³-hybridized carbons (Fsp3) is 1.00. The number of aliphatic hydroxyl groups is 1. The highest BCUT2D eigenvalue weighted by Crippen LogP contribution is 2.31. The molecule has 1 heterocycles. The third kappa shape index (κ3) is 1.66. The SMILES string of the molecule is CCCCC1(CO)CO1. The van der Waals surface area contributed by atoms with Crippen molar-refractivity contribution in [3.8, 4) is 0 Å². The van der Waals surface area contributed by atoms with Gasteiger partial charge in [-0.1, -0.05) is 19.8 Å². The molecule has 0 aromatic heterocycles. The van der Waals surface area contributed by atoms with Crippen molar-refractivity contribution in [1.82, 2.24) is 0 Å². The van der Waals surface area contributed by atoms with Crippen LogP contribution in [0.1, 0.15) is 26.2 Å². The van der Waals surface area contributed by atoms with Crippen LogP contribution in [0.2, 0.25) is 0 Å². The summed E-state index contributed by atoms with van der Waals surface area (Å²) in [4.78, 5) is 0. The van der Waals surface area contributed by atoms with Crippen LogP contribution in [-0.4, -0.2) is 23.9 Å². The normalized spacial score (nSPS) is 32.7. The molecule has 0 saturated carbocycles. The molecule has 0 spiro atoms. The van der Waals surface area contributed by atoms with Crippen molar-refractivity contribution in [3.63, 3.8) is 0 Å². The van der Waals surface area contributed by atoms with Crippen LogP contribution in [0.15, 0.2) is 0 Å². The third-order valence-corrected chi connectivity index (χ3v) is 1.83. The molecule has 2 heteroatoms. The van der Waals surface area contributed by atoms with Crippen molar-refractivity contribution in [1.29, 1.82) is 0 Å². The largest absolute Gasteiger partial charge is 0.393 e. The molecule has 1 N–H and O–H groups in total. The predicted octanol–water partition coefficient (Wildman–Crippen LogP) is 0.938. The van der Waals surface area contributed by atoms with Gasteiger partial charge in [0.25, 0.3) is 0 Å². The second-order valence-electron chi connectivity index (χ2n) is 2.73. The van der Waals surface area contributed by atoms with Gasteiger partial charge in [-0.3, -0.25) is 0 Å². The van der Waals surface area contributed by atoms with Crippen LogP contribution in [0.25, 0.3) is 0 Å². The standard InChI is InChI=1S/C7H14O2/c1-2-3-4-7(5-8)6-9-7/h8H,2-6H2,1H3. The van der Waals surface area contributed by atoms with E-state index in [4.69, 9.17) is 9.84 Å². The Morgan fingerprint density at radius 2 is 2.33 bits per heavy atom. The zero-order chi connectivity index (χ0) is 6.74. The van der Waals surface area contributed by atoms with E-state index < -0.39 is 0 Å². The van der Waals surface area contributed by atoms with Crippen LogP contribution in [0.4, 0.5) is 0 Å². The lowest BCUT2D eigenvalue weighted by atomic mass is 10.1. The lowest BCUT2D eigenvalue weighted by molar-refractivity contribution is 0.162. The van der Waals surface area contributed by atoms with E-state index in [-0.39, 0.29) is 12.2 Å². The Labute approximate surface area is 55.8 Å². The summed E-state index contributed by atoms with van der Waals surface area (Å²) in [5, 5.41) is 8.76. The van der Waals surface area contributed by atoms with Crippen molar-refractivity contribution >= 4 is 0 Å². The highest BCUT2D eigenvalue weighted by atomic mass is 16.6. The molecule has 9 heavy (non-hydrogen) atoms. The molecule has 1 atom stereocenters. The first-order valence-electron chi connectivity index (χ1n) is 3.58. The summed E-state index contributed by atoms with van der Waals surface area (Å²) in [6.07, 6.45) is 3.38. The number of ether oxygens (including phenoxy) is 1. The van der Waals surface area contributed by atoms with E-state index in [0.717, 1.165) is 13.0 Å². The van der Waals surface area contributed by atoms with Gasteiger partial charge >= 0.3 is 0 Å². The molecular weight excluding hydrogens is 116 g/mol. The van der Waals surface area contributed by atoms with Crippen LogP contribution in [0.3, 0.4) is 0 Å². The number of aliphatic hydroxyl groups excluding tert-OH is 1. The summed E-state index contributed by atoms with van der Waals surface area (Å²) in [5.41, 5.74) is -0.101. The van der Waals surface area contributed by atoms with Gasteiger partial charge in [0.05, 0.1) is 13.2 Å². The van der Waals surface area contributed by atoms with Gasteiger partial charge in [-0.05, 0) is 6.42 Å². The highest BCUT2D eigenvalue weighted by Gasteiger charge is 2.42. The Kier molecular flexibility index (Phi) is 2.09. The van der Waals surface area contributed by atoms with Gasteiger partial charge in [-0.2, -0.15) is 0 Å². The van der Waals surface area contributed by atoms with Gasteiger partial charge in [-0.25, -0.2) is 0 Å². The van der Waals surface area contributed by atoms with Crippen LogP contribution < -0.4 is 0 Å². The monoisotopic (exact) mass is 130 g/mol. The maximum absolute atomic E-state index is 8.76. The quantitative estimate of drug-likeness (QED) is 0.574. The van der Waals surface area contributed by atoms with Gasteiger partial charge < -0.3 is 9.84 Å². The summed E-state index contributed by atoms with van der Waals surface area (Å²) in [5.74, 6) is 0. The minimum absolute atomic E-state index is 0.101. The Bertz CT molecular complexity index is 86.9. The summed E-state index contributed by atoms with van der Waals surface area (Å²) in [7, 11) is 0. The molecule has 0 aromatic carbocycles. The molecular formula is C7H14O2. The van der Waals surface area contributed by atoms with Crippen LogP contribution in [-0.2, 0) is 4.74 Å². The maximum Gasteiger partial charge on any atom is 0.115 e. The lowest BCUT2D eigenvalue weighted by Crippen LogP contribution is -2.15. The fourth-order valence-corrected chi connectivity index (χ4v) is 0.916.